The van der Waals surface area contributed by atoms with E-state index in [-0.39, 0.29) is 12.0 Å². The largest absolute Gasteiger partial charge is 0.353 e. The molecule has 0 saturated carbocycles. The number of carbonyl (C=O) groups is 1. The SMILES string of the molecule is CC(=O)NCC1C=C(c2cccc(-c3ccncc3)c2)NO1. The van der Waals surface area contributed by atoms with Crippen LogP contribution in [0, 0.1) is 0 Å². The summed E-state index contributed by atoms with van der Waals surface area (Å²) < 4.78 is 0. The van der Waals surface area contributed by atoms with Gasteiger partial charge >= 0.3 is 0 Å². The highest BCUT2D eigenvalue weighted by Crippen LogP contribution is 2.24. The zero-order chi connectivity index (χ0) is 15.4. The number of pyridine rings is 1. The number of hydrogen-bond donors (Lipinski definition) is 2. The Bertz CT molecular complexity index is 698. The van der Waals surface area contributed by atoms with Gasteiger partial charge in [0.25, 0.3) is 0 Å². The van der Waals surface area contributed by atoms with Crippen LogP contribution in [0.4, 0.5) is 0 Å². The molecular formula is C17H17N3O2. The van der Waals surface area contributed by atoms with E-state index < -0.39 is 0 Å². The molecule has 112 valence electrons. The van der Waals surface area contributed by atoms with Gasteiger partial charge in [0.05, 0.1) is 12.2 Å². The third kappa shape index (κ3) is 3.32. The lowest BCUT2D eigenvalue weighted by Gasteiger charge is -2.08. The third-order valence-corrected chi connectivity index (χ3v) is 3.41. The first kappa shape index (κ1) is 14.3. The quantitative estimate of drug-likeness (QED) is 0.907. The monoisotopic (exact) mass is 295 g/mol. The molecule has 0 spiro atoms. The minimum absolute atomic E-state index is 0.0647. The average Bonchev–Trinajstić information content (AvgIpc) is 3.03. The summed E-state index contributed by atoms with van der Waals surface area (Å²) in [5.41, 5.74) is 7.11. The van der Waals surface area contributed by atoms with Crippen LogP contribution in [0.2, 0.25) is 0 Å². The molecule has 3 rings (SSSR count). The molecule has 1 amide bonds. The Morgan fingerprint density at radius 2 is 2.00 bits per heavy atom. The first-order valence-electron chi connectivity index (χ1n) is 7.11. The molecule has 5 heteroatoms. The van der Waals surface area contributed by atoms with Gasteiger partial charge in [-0.05, 0) is 35.4 Å². The Morgan fingerprint density at radius 3 is 2.77 bits per heavy atom. The number of aromatic nitrogens is 1. The highest BCUT2D eigenvalue weighted by Gasteiger charge is 2.17. The molecule has 1 aliphatic rings. The maximum atomic E-state index is 10.9. The number of nitrogens with one attached hydrogen (secondary N) is 2. The van der Waals surface area contributed by atoms with Crippen molar-refractivity contribution in [2.45, 2.75) is 13.0 Å². The van der Waals surface area contributed by atoms with Crippen molar-refractivity contribution >= 4 is 11.6 Å². The van der Waals surface area contributed by atoms with Crippen LogP contribution in [-0.4, -0.2) is 23.5 Å². The molecule has 5 nitrogen and oxygen atoms in total. The van der Waals surface area contributed by atoms with E-state index in [9.17, 15) is 4.79 Å². The first-order chi connectivity index (χ1) is 10.7. The number of benzene rings is 1. The topological polar surface area (TPSA) is 63.2 Å². The minimum Gasteiger partial charge on any atom is -0.353 e. The van der Waals surface area contributed by atoms with Gasteiger partial charge in [0.2, 0.25) is 5.91 Å². The van der Waals surface area contributed by atoms with Gasteiger partial charge in [0.1, 0.15) is 6.10 Å². The molecule has 2 N–H and O–H groups in total. The van der Waals surface area contributed by atoms with E-state index in [1.165, 1.54) is 6.92 Å². The minimum atomic E-state index is -0.163. The molecule has 0 fully saturated rings. The molecule has 1 aliphatic heterocycles. The lowest BCUT2D eigenvalue weighted by Crippen LogP contribution is -2.30. The summed E-state index contributed by atoms with van der Waals surface area (Å²) >= 11 is 0. The van der Waals surface area contributed by atoms with E-state index in [2.05, 4.69) is 27.9 Å². The highest BCUT2D eigenvalue weighted by molar-refractivity contribution is 5.74. The normalized spacial score (nSPS) is 16.8. The Hall–Kier alpha value is -2.66. The van der Waals surface area contributed by atoms with Gasteiger partial charge < -0.3 is 5.32 Å². The van der Waals surface area contributed by atoms with Crippen LogP contribution >= 0.6 is 0 Å². The van der Waals surface area contributed by atoms with Crippen molar-refractivity contribution in [3.63, 3.8) is 0 Å². The Balaban J connectivity index is 1.78. The van der Waals surface area contributed by atoms with Gasteiger partial charge in [0.15, 0.2) is 0 Å². The Kier molecular flexibility index (Phi) is 4.16. The van der Waals surface area contributed by atoms with Gasteiger partial charge in [-0.3, -0.25) is 20.1 Å². The maximum absolute atomic E-state index is 10.9. The fourth-order valence-corrected chi connectivity index (χ4v) is 2.30. The summed E-state index contributed by atoms with van der Waals surface area (Å²) in [5.74, 6) is -0.0647. The molecule has 0 bridgehead atoms. The van der Waals surface area contributed by atoms with E-state index >= 15 is 0 Å². The lowest BCUT2D eigenvalue weighted by atomic mass is 10.0. The molecular weight excluding hydrogens is 278 g/mol. The predicted molar refractivity (Wildman–Crippen MR) is 84.3 cm³/mol. The number of hydroxylamine groups is 1. The molecule has 2 heterocycles. The maximum Gasteiger partial charge on any atom is 0.216 e. The van der Waals surface area contributed by atoms with E-state index in [1.54, 1.807) is 12.4 Å². The van der Waals surface area contributed by atoms with Crippen LogP contribution in [0.3, 0.4) is 0 Å². The summed E-state index contributed by atoms with van der Waals surface area (Å²) in [5, 5.41) is 2.74. The van der Waals surface area contributed by atoms with Crippen molar-refractivity contribution in [1.82, 2.24) is 15.8 Å². The molecule has 1 atom stereocenters. The van der Waals surface area contributed by atoms with Gasteiger partial charge in [-0.25, -0.2) is 0 Å². The average molecular weight is 295 g/mol. The zero-order valence-corrected chi connectivity index (χ0v) is 12.2. The van der Waals surface area contributed by atoms with Gasteiger partial charge in [-0.15, -0.1) is 0 Å². The number of nitrogens with zero attached hydrogens (tertiary/aromatic N) is 1. The van der Waals surface area contributed by atoms with Crippen molar-refractivity contribution in [2.24, 2.45) is 0 Å². The highest BCUT2D eigenvalue weighted by atomic mass is 16.7. The van der Waals surface area contributed by atoms with Crippen molar-refractivity contribution in [1.29, 1.82) is 0 Å². The van der Waals surface area contributed by atoms with Crippen molar-refractivity contribution < 1.29 is 9.63 Å². The number of amides is 1. The number of hydrogen-bond acceptors (Lipinski definition) is 4. The van der Waals surface area contributed by atoms with Crippen LogP contribution < -0.4 is 10.8 Å². The number of rotatable bonds is 4. The van der Waals surface area contributed by atoms with Crippen LogP contribution in [0.15, 0.2) is 54.9 Å². The summed E-state index contributed by atoms with van der Waals surface area (Å²) in [6.07, 6.45) is 5.37. The van der Waals surface area contributed by atoms with Gasteiger partial charge in [-0.2, -0.15) is 0 Å². The second-order valence-electron chi connectivity index (χ2n) is 5.09. The molecule has 1 unspecified atom stereocenters. The summed E-state index contributed by atoms with van der Waals surface area (Å²) in [7, 11) is 0. The molecule has 0 aliphatic carbocycles. The lowest BCUT2D eigenvalue weighted by molar-refractivity contribution is -0.119. The summed E-state index contributed by atoms with van der Waals surface area (Å²) in [4.78, 5) is 20.4. The second-order valence-corrected chi connectivity index (χ2v) is 5.09. The summed E-state index contributed by atoms with van der Waals surface area (Å²) in [6, 6.07) is 12.1. The van der Waals surface area contributed by atoms with E-state index in [4.69, 9.17) is 4.84 Å². The standard InChI is InChI=1S/C17H17N3O2/c1-12(21)19-11-16-10-17(20-22-16)15-4-2-3-14(9-15)13-5-7-18-8-6-13/h2-10,16,20H,11H2,1H3,(H,19,21). The zero-order valence-electron chi connectivity index (χ0n) is 12.2. The van der Waals surface area contributed by atoms with Crippen LogP contribution in [0.25, 0.3) is 16.8 Å². The molecule has 1 aromatic heterocycles. The van der Waals surface area contributed by atoms with Crippen LogP contribution in [0.5, 0.6) is 0 Å². The molecule has 0 saturated heterocycles. The van der Waals surface area contributed by atoms with Crippen molar-refractivity contribution in [2.75, 3.05) is 6.54 Å². The molecule has 1 aromatic carbocycles. The molecule has 0 radical (unpaired) electrons. The van der Waals surface area contributed by atoms with Crippen LogP contribution in [0.1, 0.15) is 12.5 Å². The van der Waals surface area contributed by atoms with Crippen LogP contribution in [-0.2, 0) is 9.63 Å². The first-order valence-corrected chi connectivity index (χ1v) is 7.11. The van der Waals surface area contributed by atoms with Gasteiger partial charge in [-0.1, -0.05) is 18.2 Å². The molecule has 2 aromatic rings. The fraction of sp³-hybridized carbons (Fsp3) is 0.176. The van der Waals surface area contributed by atoms with Crippen molar-refractivity contribution in [3.8, 4) is 11.1 Å². The fourth-order valence-electron chi connectivity index (χ4n) is 2.30. The second kappa shape index (κ2) is 6.41. The Labute approximate surface area is 129 Å². The van der Waals surface area contributed by atoms with Gasteiger partial charge in [0, 0.05) is 24.9 Å². The van der Waals surface area contributed by atoms with Crippen molar-refractivity contribution in [3.05, 3.63) is 60.4 Å². The van der Waals surface area contributed by atoms with E-state index in [1.807, 2.05) is 30.3 Å². The van der Waals surface area contributed by atoms with E-state index in [0.717, 1.165) is 22.4 Å². The predicted octanol–water partition coefficient (Wildman–Crippen LogP) is 2.13. The summed E-state index contributed by atoms with van der Waals surface area (Å²) in [6.45, 7) is 1.95. The smallest absolute Gasteiger partial charge is 0.216 e. The Morgan fingerprint density at radius 1 is 1.23 bits per heavy atom. The third-order valence-electron chi connectivity index (χ3n) is 3.41. The number of carbonyl (C=O) groups excluding carboxylic acids is 1. The van der Waals surface area contributed by atoms with E-state index in [0.29, 0.717) is 6.54 Å². The molecule has 22 heavy (non-hydrogen) atoms.